The van der Waals surface area contributed by atoms with Gasteiger partial charge in [-0.3, -0.25) is 9.48 Å². The molecule has 0 spiro atoms. The Bertz CT molecular complexity index is 773. The van der Waals surface area contributed by atoms with Gasteiger partial charge in [0.2, 0.25) is 5.91 Å². The molecule has 1 amide bonds. The fourth-order valence-corrected chi connectivity index (χ4v) is 3.52. The Balaban J connectivity index is 1.52. The highest BCUT2D eigenvalue weighted by Crippen LogP contribution is 2.21. The Morgan fingerprint density at radius 3 is 2.64 bits per heavy atom. The lowest BCUT2D eigenvalue weighted by Crippen LogP contribution is -2.38. The Labute approximate surface area is 154 Å². The summed E-state index contributed by atoms with van der Waals surface area (Å²) in [5.41, 5.74) is 3.14. The maximum Gasteiger partial charge on any atom is 0.246 e. The molecule has 0 radical (unpaired) electrons. The first-order valence-electron chi connectivity index (χ1n) is 8.75. The molecule has 1 fully saturated rings. The van der Waals surface area contributed by atoms with Crippen molar-refractivity contribution in [3.05, 3.63) is 58.4 Å². The lowest BCUT2D eigenvalue weighted by atomic mass is 9.96. The minimum Gasteiger partial charge on any atom is -0.339 e. The van der Waals surface area contributed by atoms with Gasteiger partial charge in [-0.2, -0.15) is 5.10 Å². The van der Waals surface area contributed by atoms with Crippen molar-refractivity contribution in [3.8, 4) is 0 Å². The van der Waals surface area contributed by atoms with Gasteiger partial charge in [0, 0.05) is 36.4 Å². The Morgan fingerprint density at radius 2 is 2.00 bits per heavy atom. The second kappa shape index (κ2) is 7.87. The lowest BCUT2D eigenvalue weighted by Gasteiger charge is -2.31. The molecular weight excluding hydrogens is 334 g/mol. The predicted octanol–water partition coefficient (Wildman–Crippen LogP) is 4.11. The number of hydrogen-bond donors (Lipinski definition) is 0. The van der Waals surface area contributed by atoms with Crippen LogP contribution in [0.1, 0.15) is 29.8 Å². The lowest BCUT2D eigenvalue weighted by molar-refractivity contribution is -0.127. The molecule has 2 aromatic rings. The van der Waals surface area contributed by atoms with Crippen molar-refractivity contribution in [1.29, 1.82) is 0 Å². The topological polar surface area (TPSA) is 38.1 Å². The zero-order valence-corrected chi connectivity index (χ0v) is 15.5. The van der Waals surface area contributed by atoms with E-state index in [1.165, 1.54) is 5.69 Å². The SMILES string of the molecule is Cc1cc(C)n(CC2CCN(C(=O)/C=C/c3ccccc3Cl)CC2)n1. The molecular formula is C20H24ClN3O. The van der Waals surface area contributed by atoms with Gasteiger partial charge in [-0.1, -0.05) is 29.8 Å². The van der Waals surface area contributed by atoms with Crippen molar-refractivity contribution >= 4 is 23.6 Å². The minimum atomic E-state index is 0.0597. The second-order valence-corrected chi connectivity index (χ2v) is 7.14. The van der Waals surface area contributed by atoms with E-state index in [0.29, 0.717) is 10.9 Å². The number of likely N-dealkylation sites (tertiary alicyclic amines) is 1. The van der Waals surface area contributed by atoms with Crippen LogP contribution in [0.4, 0.5) is 0 Å². The zero-order chi connectivity index (χ0) is 17.8. The number of aromatic nitrogens is 2. The van der Waals surface area contributed by atoms with E-state index in [2.05, 4.69) is 22.8 Å². The van der Waals surface area contributed by atoms with Crippen molar-refractivity contribution in [2.24, 2.45) is 5.92 Å². The van der Waals surface area contributed by atoms with E-state index in [9.17, 15) is 4.79 Å². The van der Waals surface area contributed by atoms with Gasteiger partial charge < -0.3 is 4.90 Å². The molecule has 4 nitrogen and oxygen atoms in total. The van der Waals surface area contributed by atoms with Gasteiger partial charge in [-0.05, 0) is 56.4 Å². The molecule has 2 heterocycles. The van der Waals surface area contributed by atoms with Crippen LogP contribution in [0.5, 0.6) is 0 Å². The number of rotatable bonds is 4. The number of piperidine rings is 1. The number of carbonyl (C=O) groups is 1. The smallest absolute Gasteiger partial charge is 0.246 e. The van der Waals surface area contributed by atoms with Crippen LogP contribution < -0.4 is 0 Å². The van der Waals surface area contributed by atoms with E-state index in [4.69, 9.17) is 11.6 Å². The first kappa shape index (κ1) is 17.7. The molecule has 5 heteroatoms. The van der Waals surface area contributed by atoms with E-state index in [-0.39, 0.29) is 5.91 Å². The Morgan fingerprint density at radius 1 is 1.28 bits per heavy atom. The predicted molar refractivity (Wildman–Crippen MR) is 101 cm³/mol. The molecule has 1 saturated heterocycles. The summed E-state index contributed by atoms with van der Waals surface area (Å²) >= 11 is 6.12. The summed E-state index contributed by atoms with van der Waals surface area (Å²) in [6.07, 6.45) is 5.46. The second-order valence-electron chi connectivity index (χ2n) is 6.73. The van der Waals surface area contributed by atoms with Crippen LogP contribution in [0.2, 0.25) is 5.02 Å². The molecule has 1 aromatic carbocycles. The fraction of sp³-hybridized carbons (Fsp3) is 0.400. The maximum atomic E-state index is 12.4. The minimum absolute atomic E-state index is 0.0597. The van der Waals surface area contributed by atoms with Crippen molar-refractivity contribution in [3.63, 3.8) is 0 Å². The first-order chi connectivity index (χ1) is 12.0. The van der Waals surface area contributed by atoms with E-state index < -0.39 is 0 Å². The highest BCUT2D eigenvalue weighted by atomic mass is 35.5. The summed E-state index contributed by atoms with van der Waals surface area (Å²) in [4.78, 5) is 14.3. The molecule has 3 rings (SSSR count). The largest absolute Gasteiger partial charge is 0.339 e. The summed E-state index contributed by atoms with van der Waals surface area (Å²) in [5, 5.41) is 5.20. The molecule has 1 aliphatic heterocycles. The van der Waals surface area contributed by atoms with Crippen molar-refractivity contribution in [2.75, 3.05) is 13.1 Å². The van der Waals surface area contributed by atoms with Crippen LogP contribution in [0.15, 0.2) is 36.4 Å². The molecule has 0 aliphatic carbocycles. The number of hydrogen-bond acceptors (Lipinski definition) is 2. The molecule has 0 bridgehead atoms. The van der Waals surface area contributed by atoms with E-state index in [1.807, 2.05) is 36.1 Å². The van der Waals surface area contributed by atoms with Crippen LogP contribution >= 0.6 is 11.6 Å². The third kappa shape index (κ3) is 4.51. The van der Waals surface area contributed by atoms with Crippen molar-refractivity contribution < 1.29 is 4.79 Å². The van der Waals surface area contributed by atoms with E-state index >= 15 is 0 Å². The first-order valence-corrected chi connectivity index (χ1v) is 9.13. The van der Waals surface area contributed by atoms with Crippen LogP contribution in [0.3, 0.4) is 0 Å². The molecule has 1 aromatic heterocycles. The number of nitrogens with zero attached hydrogens (tertiary/aromatic N) is 3. The van der Waals surface area contributed by atoms with Gasteiger partial charge in [0.05, 0.1) is 5.69 Å². The average molecular weight is 358 g/mol. The molecule has 25 heavy (non-hydrogen) atoms. The van der Waals surface area contributed by atoms with Gasteiger partial charge in [0.15, 0.2) is 0 Å². The zero-order valence-electron chi connectivity index (χ0n) is 14.8. The van der Waals surface area contributed by atoms with Gasteiger partial charge in [-0.25, -0.2) is 0 Å². The Hall–Kier alpha value is -2.07. The molecule has 0 atom stereocenters. The fourth-order valence-electron chi connectivity index (χ4n) is 3.32. The molecule has 0 saturated carbocycles. The van der Waals surface area contributed by atoms with Gasteiger partial charge in [0.1, 0.15) is 0 Å². The third-order valence-electron chi connectivity index (χ3n) is 4.77. The van der Waals surface area contributed by atoms with Crippen LogP contribution in [-0.2, 0) is 11.3 Å². The standard InChI is InChI=1S/C20H24ClN3O/c1-15-13-16(2)24(22-15)14-17-9-11-23(12-10-17)20(25)8-7-18-5-3-4-6-19(18)21/h3-8,13,17H,9-12,14H2,1-2H3/b8-7+. The van der Waals surface area contributed by atoms with Crippen LogP contribution in [0.25, 0.3) is 6.08 Å². The van der Waals surface area contributed by atoms with Gasteiger partial charge in [0.25, 0.3) is 0 Å². The summed E-state index contributed by atoms with van der Waals surface area (Å²) in [6, 6.07) is 9.65. The van der Waals surface area contributed by atoms with Gasteiger partial charge in [-0.15, -0.1) is 0 Å². The quantitative estimate of drug-likeness (QED) is 0.772. The number of carbonyl (C=O) groups excluding carboxylic acids is 1. The molecule has 0 unspecified atom stereocenters. The van der Waals surface area contributed by atoms with E-state index in [0.717, 1.165) is 43.7 Å². The summed E-state index contributed by atoms with van der Waals surface area (Å²) in [5.74, 6) is 0.638. The Kier molecular flexibility index (Phi) is 5.59. The number of aryl methyl sites for hydroxylation is 2. The van der Waals surface area contributed by atoms with Crippen molar-refractivity contribution in [1.82, 2.24) is 14.7 Å². The summed E-state index contributed by atoms with van der Waals surface area (Å²) < 4.78 is 2.09. The van der Waals surface area contributed by atoms with Gasteiger partial charge >= 0.3 is 0 Å². The van der Waals surface area contributed by atoms with Crippen LogP contribution in [-0.4, -0.2) is 33.7 Å². The summed E-state index contributed by atoms with van der Waals surface area (Å²) in [6.45, 7) is 6.66. The maximum absolute atomic E-state index is 12.4. The number of amides is 1. The average Bonchev–Trinajstić information content (AvgIpc) is 2.92. The summed E-state index contributed by atoms with van der Waals surface area (Å²) in [7, 11) is 0. The highest BCUT2D eigenvalue weighted by molar-refractivity contribution is 6.32. The van der Waals surface area contributed by atoms with E-state index in [1.54, 1.807) is 12.2 Å². The highest BCUT2D eigenvalue weighted by Gasteiger charge is 2.22. The molecule has 1 aliphatic rings. The van der Waals surface area contributed by atoms with Crippen LogP contribution in [0, 0.1) is 19.8 Å². The molecule has 132 valence electrons. The normalized spacial score (nSPS) is 15.9. The monoisotopic (exact) mass is 357 g/mol. The van der Waals surface area contributed by atoms with Crippen molar-refractivity contribution in [2.45, 2.75) is 33.2 Å². The third-order valence-corrected chi connectivity index (χ3v) is 5.12. The molecule has 0 N–H and O–H groups in total. The number of halogens is 1. The number of benzene rings is 1.